The van der Waals surface area contributed by atoms with Gasteiger partial charge in [0.15, 0.2) is 0 Å². The van der Waals surface area contributed by atoms with E-state index in [9.17, 15) is 0 Å². The summed E-state index contributed by atoms with van der Waals surface area (Å²) in [5.74, 6) is 0.562. The van der Waals surface area contributed by atoms with Crippen molar-refractivity contribution in [1.82, 2.24) is 5.01 Å². The monoisotopic (exact) mass is 376 g/mol. The van der Waals surface area contributed by atoms with E-state index in [0.29, 0.717) is 12.0 Å². The van der Waals surface area contributed by atoms with E-state index in [-0.39, 0.29) is 17.6 Å². The molecule has 3 unspecified atom stereocenters. The second kappa shape index (κ2) is 6.91. The molecule has 0 saturated heterocycles. The van der Waals surface area contributed by atoms with Crippen LogP contribution in [0.5, 0.6) is 0 Å². The number of fused-ring (bicyclic) bond motifs is 5. The number of nitrogens with zero attached hydrogens (tertiary/aromatic N) is 4. The maximum Gasteiger partial charge on any atom is 0.126 e. The fourth-order valence-corrected chi connectivity index (χ4v) is 4.41. The van der Waals surface area contributed by atoms with Gasteiger partial charge in [0.2, 0.25) is 0 Å². The first-order valence-corrected chi connectivity index (χ1v) is 10.4. The SMILES string of the molecule is CC(C)C(C)N1Cc2ccccc2C2C(N=NN2C(C)(C)C)c2ccccc21. The third-order valence-electron chi connectivity index (χ3n) is 6.26. The molecule has 2 aliphatic heterocycles. The molecule has 2 aromatic carbocycles. The van der Waals surface area contributed by atoms with Crippen LogP contribution in [-0.4, -0.2) is 16.6 Å². The zero-order valence-electron chi connectivity index (χ0n) is 17.9. The van der Waals surface area contributed by atoms with E-state index in [1.807, 2.05) is 0 Å². The Hall–Kier alpha value is -2.36. The van der Waals surface area contributed by atoms with Crippen LogP contribution >= 0.6 is 0 Å². The molecule has 0 amide bonds. The van der Waals surface area contributed by atoms with Gasteiger partial charge in [0, 0.05) is 23.8 Å². The summed E-state index contributed by atoms with van der Waals surface area (Å²) in [5.41, 5.74) is 5.21. The number of para-hydroxylation sites is 1. The van der Waals surface area contributed by atoms with Crippen LogP contribution in [0.2, 0.25) is 0 Å². The molecule has 2 aliphatic rings. The molecule has 3 atom stereocenters. The van der Waals surface area contributed by atoms with Crippen LogP contribution in [0.4, 0.5) is 5.69 Å². The molecule has 2 heterocycles. The van der Waals surface area contributed by atoms with Crippen LogP contribution in [-0.2, 0) is 6.54 Å². The molecule has 0 bridgehead atoms. The summed E-state index contributed by atoms with van der Waals surface area (Å²) in [6, 6.07) is 18.2. The first-order chi connectivity index (χ1) is 13.3. The highest BCUT2D eigenvalue weighted by molar-refractivity contribution is 5.59. The minimum Gasteiger partial charge on any atom is -0.364 e. The molecule has 0 fully saturated rings. The lowest BCUT2D eigenvalue weighted by atomic mass is 9.85. The molecular formula is C24H32N4. The van der Waals surface area contributed by atoms with Crippen LogP contribution < -0.4 is 4.90 Å². The third-order valence-corrected chi connectivity index (χ3v) is 6.26. The minimum absolute atomic E-state index is 0.0127. The maximum atomic E-state index is 4.81. The van der Waals surface area contributed by atoms with Gasteiger partial charge in [-0.1, -0.05) is 61.5 Å². The van der Waals surface area contributed by atoms with E-state index in [4.69, 9.17) is 5.11 Å². The summed E-state index contributed by atoms with van der Waals surface area (Å²) < 4.78 is 0. The fourth-order valence-electron chi connectivity index (χ4n) is 4.41. The summed E-state index contributed by atoms with van der Waals surface area (Å²) in [6.45, 7) is 14.5. The van der Waals surface area contributed by atoms with Crippen LogP contribution in [0.25, 0.3) is 0 Å². The molecule has 4 heteroatoms. The van der Waals surface area contributed by atoms with Crippen molar-refractivity contribution >= 4 is 5.69 Å². The highest BCUT2D eigenvalue weighted by Gasteiger charge is 2.43. The summed E-state index contributed by atoms with van der Waals surface area (Å²) >= 11 is 0. The van der Waals surface area contributed by atoms with Crippen LogP contribution in [0.1, 0.15) is 70.3 Å². The number of anilines is 1. The van der Waals surface area contributed by atoms with Gasteiger partial charge in [-0.25, -0.2) is 0 Å². The van der Waals surface area contributed by atoms with E-state index in [1.165, 1.54) is 22.4 Å². The van der Waals surface area contributed by atoms with E-state index >= 15 is 0 Å². The molecule has 0 aromatic heterocycles. The van der Waals surface area contributed by atoms with Gasteiger partial charge in [0.05, 0.1) is 5.54 Å². The fraction of sp³-hybridized carbons (Fsp3) is 0.500. The topological polar surface area (TPSA) is 31.2 Å². The van der Waals surface area contributed by atoms with Gasteiger partial charge in [-0.15, -0.1) is 0 Å². The molecule has 2 aromatic rings. The van der Waals surface area contributed by atoms with Gasteiger partial charge < -0.3 is 4.90 Å². The number of hydrogen-bond acceptors (Lipinski definition) is 4. The van der Waals surface area contributed by atoms with E-state index in [0.717, 1.165) is 6.54 Å². The van der Waals surface area contributed by atoms with Crippen molar-refractivity contribution in [3.8, 4) is 0 Å². The Morgan fingerprint density at radius 2 is 1.57 bits per heavy atom. The lowest BCUT2D eigenvalue weighted by Crippen LogP contribution is -2.42. The molecular weight excluding hydrogens is 344 g/mol. The molecule has 148 valence electrons. The average molecular weight is 377 g/mol. The Morgan fingerprint density at radius 1 is 0.929 bits per heavy atom. The Balaban J connectivity index is 1.93. The minimum atomic E-state index is -0.0882. The van der Waals surface area contributed by atoms with Crippen molar-refractivity contribution in [3.63, 3.8) is 0 Å². The van der Waals surface area contributed by atoms with Crippen molar-refractivity contribution < 1.29 is 0 Å². The zero-order valence-corrected chi connectivity index (χ0v) is 17.9. The molecule has 4 nitrogen and oxygen atoms in total. The highest BCUT2D eigenvalue weighted by atomic mass is 15.6. The van der Waals surface area contributed by atoms with Crippen LogP contribution in [0, 0.1) is 5.92 Å². The largest absolute Gasteiger partial charge is 0.364 e. The predicted molar refractivity (Wildman–Crippen MR) is 115 cm³/mol. The summed E-state index contributed by atoms with van der Waals surface area (Å²) in [7, 11) is 0. The van der Waals surface area contributed by atoms with Crippen molar-refractivity contribution in [1.29, 1.82) is 0 Å². The average Bonchev–Trinajstić information content (AvgIpc) is 3.09. The van der Waals surface area contributed by atoms with Crippen molar-refractivity contribution in [2.75, 3.05) is 4.90 Å². The highest BCUT2D eigenvalue weighted by Crippen LogP contribution is 2.50. The lowest BCUT2D eigenvalue weighted by Gasteiger charge is -2.42. The van der Waals surface area contributed by atoms with Gasteiger partial charge >= 0.3 is 0 Å². The summed E-state index contributed by atoms with van der Waals surface area (Å²) in [4.78, 5) is 2.56. The molecule has 0 N–H and O–H groups in total. The molecule has 28 heavy (non-hydrogen) atoms. The maximum absolute atomic E-state index is 4.81. The van der Waals surface area contributed by atoms with Gasteiger partial charge in [-0.2, -0.15) is 5.11 Å². The van der Waals surface area contributed by atoms with Gasteiger partial charge in [-0.3, -0.25) is 5.01 Å². The van der Waals surface area contributed by atoms with Crippen LogP contribution in [0.15, 0.2) is 58.9 Å². The van der Waals surface area contributed by atoms with E-state index < -0.39 is 0 Å². The molecule has 4 rings (SSSR count). The lowest BCUT2D eigenvalue weighted by molar-refractivity contribution is 0.0965. The number of benzene rings is 2. The second-order valence-corrected chi connectivity index (χ2v) is 9.48. The smallest absolute Gasteiger partial charge is 0.126 e. The number of hydrogen-bond donors (Lipinski definition) is 0. The van der Waals surface area contributed by atoms with Crippen molar-refractivity contribution in [3.05, 3.63) is 65.2 Å². The van der Waals surface area contributed by atoms with E-state index in [1.54, 1.807) is 0 Å². The van der Waals surface area contributed by atoms with Gasteiger partial charge in [-0.05, 0) is 50.8 Å². The van der Waals surface area contributed by atoms with E-state index in [2.05, 4.69) is 105 Å². The quantitative estimate of drug-likeness (QED) is 0.614. The Morgan fingerprint density at radius 3 is 2.25 bits per heavy atom. The normalized spacial score (nSPS) is 22.4. The summed E-state index contributed by atoms with van der Waals surface area (Å²) in [5, 5.41) is 11.7. The molecule has 0 aliphatic carbocycles. The van der Waals surface area contributed by atoms with Crippen molar-refractivity contribution in [2.45, 2.75) is 71.8 Å². The molecule has 0 radical (unpaired) electrons. The zero-order chi connectivity index (χ0) is 20.1. The Bertz CT molecular complexity index is 880. The van der Waals surface area contributed by atoms with Crippen molar-refractivity contribution in [2.24, 2.45) is 16.3 Å². The second-order valence-electron chi connectivity index (χ2n) is 9.48. The molecule has 0 saturated carbocycles. The predicted octanol–water partition coefficient (Wildman–Crippen LogP) is 6.31. The van der Waals surface area contributed by atoms with Gasteiger partial charge in [0.1, 0.15) is 12.1 Å². The third kappa shape index (κ3) is 3.09. The van der Waals surface area contributed by atoms with Gasteiger partial charge in [0.25, 0.3) is 0 Å². The standard InChI is InChI=1S/C24H32N4/c1-16(2)17(3)27-15-18-11-7-8-12-19(18)23-22(20-13-9-10-14-21(20)27)25-26-28(23)24(4,5)6/h7-14,16-17,22-23H,15H2,1-6H3. The first kappa shape index (κ1) is 19.0. The van der Waals surface area contributed by atoms with Crippen LogP contribution in [0.3, 0.4) is 0 Å². The molecule has 0 spiro atoms. The first-order valence-electron chi connectivity index (χ1n) is 10.4. The Labute approximate surface area is 169 Å². The summed E-state index contributed by atoms with van der Waals surface area (Å²) in [6.07, 6.45) is 0. The number of rotatable bonds is 2. The Kier molecular flexibility index (Phi) is 4.68.